The van der Waals surface area contributed by atoms with Gasteiger partial charge in [-0.3, -0.25) is 14.9 Å². The second kappa shape index (κ2) is 8.63. The van der Waals surface area contributed by atoms with Gasteiger partial charge in [-0.05, 0) is 35.8 Å². The highest BCUT2D eigenvalue weighted by Crippen LogP contribution is 2.35. The molecule has 1 rings (SSSR count). The highest BCUT2D eigenvalue weighted by Gasteiger charge is 2.22. The smallest absolute Gasteiger partial charge is 0.232 e. The Morgan fingerprint density at radius 1 is 1.55 bits per heavy atom. The number of nitro groups is 1. The number of hydrogen-bond donors (Lipinski definition) is 0. The molecule has 1 unspecified atom stereocenters. The van der Waals surface area contributed by atoms with Crippen molar-refractivity contribution in [2.24, 2.45) is 0 Å². The second-order valence-electron chi connectivity index (χ2n) is 4.05. The molecule has 0 bridgehead atoms. The summed E-state index contributed by atoms with van der Waals surface area (Å²) >= 11 is 6.16. The predicted octanol–water partition coefficient (Wildman–Crippen LogP) is 3.43. The summed E-state index contributed by atoms with van der Waals surface area (Å²) < 4.78 is 0.918. The standard InChI is InChI=1S/C12H17BrN2O3S2/c1-3-14(4-2)12(16)8-20-11(6-15(17)18)10-5-9(13)7-19-10/h5,7,11H,3-4,6,8H2,1-2H3. The minimum absolute atomic E-state index is 0.0315. The van der Waals surface area contributed by atoms with Gasteiger partial charge in [0.05, 0.1) is 5.75 Å². The lowest BCUT2D eigenvalue weighted by Gasteiger charge is -2.19. The van der Waals surface area contributed by atoms with E-state index in [4.69, 9.17) is 0 Å². The maximum absolute atomic E-state index is 12.0. The fourth-order valence-corrected chi connectivity index (χ4v) is 4.47. The highest BCUT2D eigenvalue weighted by molar-refractivity contribution is 9.10. The normalized spacial score (nSPS) is 12.2. The van der Waals surface area contributed by atoms with Crippen LogP contribution in [-0.2, 0) is 4.79 Å². The number of hydrogen-bond acceptors (Lipinski definition) is 5. The molecule has 0 aliphatic heterocycles. The molecule has 1 amide bonds. The van der Waals surface area contributed by atoms with E-state index in [1.807, 2.05) is 25.3 Å². The lowest BCUT2D eigenvalue weighted by atomic mass is 10.3. The molecule has 1 atom stereocenters. The first-order valence-corrected chi connectivity index (χ1v) is 8.95. The number of rotatable bonds is 8. The molecule has 0 aliphatic carbocycles. The van der Waals surface area contributed by atoms with Gasteiger partial charge >= 0.3 is 0 Å². The van der Waals surface area contributed by atoms with E-state index in [0.29, 0.717) is 13.1 Å². The van der Waals surface area contributed by atoms with Crippen molar-refractivity contribution >= 4 is 44.9 Å². The van der Waals surface area contributed by atoms with Crippen LogP contribution in [0.25, 0.3) is 0 Å². The number of amides is 1. The van der Waals surface area contributed by atoms with E-state index in [1.165, 1.54) is 23.1 Å². The van der Waals surface area contributed by atoms with Crippen LogP contribution in [0.5, 0.6) is 0 Å². The van der Waals surface area contributed by atoms with Gasteiger partial charge in [0, 0.05) is 32.7 Å². The molecule has 0 aromatic carbocycles. The third kappa shape index (κ3) is 5.41. The molecule has 1 aromatic rings. The quantitative estimate of drug-likeness (QED) is 0.511. The van der Waals surface area contributed by atoms with Crippen molar-refractivity contribution in [2.45, 2.75) is 19.1 Å². The molecule has 1 heterocycles. The predicted molar refractivity (Wildman–Crippen MR) is 87.0 cm³/mol. The molecule has 0 fully saturated rings. The molecule has 0 spiro atoms. The van der Waals surface area contributed by atoms with Crippen molar-refractivity contribution in [3.8, 4) is 0 Å². The molecule has 8 heteroatoms. The van der Waals surface area contributed by atoms with Gasteiger partial charge in [0.25, 0.3) is 0 Å². The number of halogens is 1. The Hall–Kier alpha value is -0.600. The molecular weight excluding hydrogens is 364 g/mol. The zero-order chi connectivity index (χ0) is 15.1. The van der Waals surface area contributed by atoms with E-state index in [1.54, 1.807) is 4.90 Å². The Kier molecular flexibility index (Phi) is 7.53. The van der Waals surface area contributed by atoms with Crippen LogP contribution < -0.4 is 0 Å². The summed E-state index contributed by atoms with van der Waals surface area (Å²) in [5, 5.41) is 12.4. The molecule has 0 saturated carbocycles. The molecule has 0 N–H and O–H groups in total. The molecule has 0 saturated heterocycles. The minimum atomic E-state index is -0.326. The van der Waals surface area contributed by atoms with Crippen LogP contribution in [0.2, 0.25) is 0 Å². The monoisotopic (exact) mass is 380 g/mol. The maximum Gasteiger partial charge on any atom is 0.232 e. The third-order valence-electron chi connectivity index (χ3n) is 2.74. The molecule has 1 aromatic heterocycles. The maximum atomic E-state index is 12.0. The van der Waals surface area contributed by atoms with Gasteiger partial charge in [-0.2, -0.15) is 0 Å². The summed E-state index contributed by atoms with van der Waals surface area (Å²) in [7, 11) is 0. The van der Waals surface area contributed by atoms with Gasteiger partial charge in [0.2, 0.25) is 12.5 Å². The zero-order valence-corrected chi connectivity index (χ0v) is 14.6. The van der Waals surface area contributed by atoms with Gasteiger partial charge in [-0.1, -0.05) is 0 Å². The Balaban J connectivity index is 2.66. The van der Waals surface area contributed by atoms with Crippen LogP contribution in [-0.4, -0.2) is 41.1 Å². The fraction of sp³-hybridized carbons (Fsp3) is 0.583. The first-order chi connectivity index (χ1) is 9.47. The van der Waals surface area contributed by atoms with Gasteiger partial charge in [-0.25, -0.2) is 0 Å². The summed E-state index contributed by atoms with van der Waals surface area (Å²) in [5.41, 5.74) is 0. The van der Waals surface area contributed by atoms with Gasteiger partial charge in [0.1, 0.15) is 5.25 Å². The third-order valence-corrected chi connectivity index (χ3v) is 5.92. The van der Waals surface area contributed by atoms with E-state index in [0.717, 1.165) is 9.35 Å². The van der Waals surface area contributed by atoms with E-state index >= 15 is 0 Å². The molecular formula is C12H17BrN2O3S2. The van der Waals surface area contributed by atoms with Crippen molar-refractivity contribution in [2.75, 3.05) is 25.4 Å². The Morgan fingerprint density at radius 3 is 2.65 bits per heavy atom. The second-order valence-corrected chi connectivity index (χ2v) is 7.10. The fourth-order valence-electron chi connectivity index (χ4n) is 1.70. The number of nitrogens with zero attached hydrogens (tertiary/aromatic N) is 2. The van der Waals surface area contributed by atoms with E-state index < -0.39 is 0 Å². The van der Waals surface area contributed by atoms with Crippen molar-refractivity contribution in [3.63, 3.8) is 0 Å². The number of thioether (sulfide) groups is 1. The number of thiophene rings is 1. The topological polar surface area (TPSA) is 63.5 Å². The van der Waals surface area contributed by atoms with Crippen molar-refractivity contribution in [1.29, 1.82) is 0 Å². The van der Waals surface area contributed by atoms with Crippen molar-refractivity contribution in [1.82, 2.24) is 4.90 Å². The van der Waals surface area contributed by atoms with E-state index in [-0.39, 0.29) is 28.4 Å². The molecule has 0 radical (unpaired) electrons. The number of carbonyl (C=O) groups is 1. The first kappa shape index (κ1) is 17.5. The van der Waals surface area contributed by atoms with Gasteiger partial charge in [-0.15, -0.1) is 23.1 Å². The lowest BCUT2D eigenvalue weighted by Crippen LogP contribution is -2.32. The number of carbonyl (C=O) groups excluding carboxylic acids is 1. The van der Waals surface area contributed by atoms with Crippen LogP contribution in [0.4, 0.5) is 0 Å². The largest absolute Gasteiger partial charge is 0.343 e. The summed E-state index contributed by atoms with van der Waals surface area (Å²) in [5.74, 6) is 0.305. The lowest BCUT2D eigenvalue weighted by molar-refractivity contribution is -0.479. The van der Waals surface area contributed by atoms with Crippen molar-refractivity contribution in [3.05, 3.63) is 30.9 Å². The van der Waals surface area contributed by atoms with Gasteiger partial charge < -0.3 is 4.90 Å². The Morgan fingerprint density at radius 2 is 2.20 bits per heavy atom. The highest BCUT2D eigenvalue weighted by atomic mass is 79.9. The SMILES string of the molecule is CCN(CC)C(=O)CSC(C[N+](=O)[O-])c1cc(Br)cs1. The Labute approximate surface area is 135 Å². The van der Waals surface area contributed by atoms with Crippen LogP contribution in [0.3, 0.4) is 0 Å². The first-order valence-electron chi connectivity index (χ1n) is 6.23. The molecule has 5 nitrogen and oxygen atoms in total. The van der Waals surface area contributed by atoms with Crippen LogP contribution in [0, 0.1) is 10.1 Å². The van der Waals surface area contributed by atoms with Crippen LogP contribution >= 0.6 is 39.0 Å². The van der Waals surface area contributed by atoms with Crippen LogP contribution in [0.1, 0.15) is 24.0 Å². The summed E-state index contributed by atoms with van der Waals surface area (Å²) in [6, 6.07) is 1.88. The average Bonchev–Trinajstić information content (AvgIpc) is 2.82. The van der Waals surface area contributed by atoms with Crippen molar-refractivity contribution < 1.29 is 9.72 Å². The average molecular weight is 381 g/mol. The van der Waals surface area contributed by atoms with Crippen LogP contribution in [0.15, 0.2) is 15.9 Å². The summed E-state index contributed by atoms with van der Waals surface area (Å²) in [6.45, 7) is 5.03. The van der Waals surface area contributed by atoms with E-state index in [2.05, 4.69) is 15.9 Å². The van der Waals surface area contributed by atoms with E-state index in [9.17, 15) is 14.9 Å². The van der Waals surface area contributed by atoms with Gasteiger partial charge in [0.15, 0.2) is 0 Å². The summed E-state index contributed by atoms with van der Waals surface area (Å²) in [4.78, 5) is 25.1. The molecule has 112 valence electrons. The summed E-state index contributed by atoms with van der Waals surface area (Å²) in [6.07, 6.45) is 0. The molecule has 20 heavy (non-hydrogen) atoms. The zero-order valence-electron chi connectivity index (χ0n) is 11.4. The minimum Gasteiger partial charge on any atom is -0.343 e. The molecule has 0 aliphatic rings. The Bertz CT molecular complexity index is 463.